The Morgan fingerprint density at radius 3 is 2.38 bits per heavy atom. The van der Waals surface area contributed by atoms with E-state index in [0.29, 0.717) is 28.6 Å². The number of ether oxygens (including phenoxy) is 2. The van der Waals surface area contributed by atoms with Gasteiger partial charge < -0.3 is 14.4 Å². The first-order valence-corrected chi connectivity index (χ1v) is 16.0. The molecule has 6 rings (SSSR count). The molecule has 218 valence electrons. The number of anilines is 1. The third kappa shape index (κ3) is 4.96. The molecule has 0 radical (unpaired) electrons. The molecule has 4 heterocycles. The molecular weight excluding hydrogens is 569 g/mol. The van der Waals surface area contributed by atoms with Gasteiger partial charge in [0.1, 0.15) is 29.6 Å². The summed E-state index contributed by atoms with van der Waals surface area (Å²) in [4.78, 5) is 32.3. The predicted octanol–water partition coefficient (Wildman–Crippen LogP) is 6.03. The van der Waals surface area contributed by atoms with Gasteiger partial charge in [0.25, 0.3) is 0 Å². The molecule has 4 aromatic rings. The Balaban J connectivity index is 1.68. The zero-order valence-corrected chi connectivity index (χ0v) is 25.9. The molecule has 0 saturated carbocycles. The average Bonchev–Trinajstić information content (AvgIpc) is 3.78. The molecule has 2 aromatic carbocycles. The van der Waals surface area contributed by atoms with Crippen LogP contribution in [0.4, 0.5) is 5.82 Å². The molecule has 0 aliphatic carbocycles. The molecule has 0 unspecified atom stereocenters. The number of carbonyl (C=O) groups is 2. The van der Waals surface area contributed by atoms with Crippen LogP contribution in [-0.2, 0) is 9.59 Å². The van der Waals surface area contributed by atoms with Crippen LogP contribution in [-0.4, -0.2) is 66.1 Å². The van der Waals surface area contributed by atoms with Crippen molar-refractivity contribution in [3.63, 3.8) is 0 Å². The zero-order chi connectivity index (χ0) is 29.4. The fraction of sp³-hybridized carbons (Fsp3) is 0.344. The maximum Gasteiger partial charge on any atom is 0.242 e. The number of fused-ring (bicyclic) bond motifs is 1. The van der Waals surface area contributed by atoms with E-state index in [1.807, 2.05) is 46.0 Å². The number of hydrogen-bond donors (Lipinski definition) is 0. The van der Waals surface area contributed by atoms with Gasteiger partial charge >= 0.3 is 0 Å². The summed E-state index contributed by atoms with van der Waals surface area (Å²) in [6.07, 6.45) is 1.97. The number of amides is 2. The van der Waals surface area contributed by atoms with E-state index in [-0.39, 0.29) is 29.4 Å². The van der Waals surface area contributed by atoms with Crippen LogP contribution in [0.1, 0.15) is 39.7 Å². The lowest BCUT2D eigenvalue weighted by molar-refractivity contribution is -0.130. The predicted molar refractivity (Wildman–Crippen MR) is 168 cm³/mol. The number of nitrogens with zero attached hydrogens (tertiary/aromatic N) is 4. The summed E-state index contributed by atoms with van der Waals surface area (Å²) in [5.41, 5.74) is 5.26. The zero-order valence-electron chi connectivity index (χ0n) is 24.3. The Labute approximate surface area is 254 Å². The SMILES string of the molecule is COc1cccc(OC)c1-c1nn(-c2cccc(C)c2C)c2c1[C@@H](c1cccs1)SCC(=O)N2CC(=O)N1CCCC1. The number of likely N-dealkylation sites (tertiary alicyclic amines) is 1. The molecular formula is C32H34N4O4S2. The van der Waals surface area contributed by atoms with E-state index in [2.05, 4.69) is 31.4 Å². The molecule has 1 saturated heterocycles. The van der Waals surface area contributed by atoms with E-state index in [9.17, 15) is 9.59 Å². The molecule has 0 bridgehead atoms. The Morgan fingerprint density at radius 2 is 1.71 bits per heavy atom. The minimum absolute atomic E-state index is 0.0391. The van der Waals surface area contributed by atoms with E-state index >= 15 is 0 Å². The first kappa shape index (κ1) is 28.4. The van der Waals surface area contributed by atoms with Crippen LogP contribution < -0.4 is 14.4 Å². The van der Waals surface area contributed by atoms with Crippen LogP contribution >= 0.6 is 23.1 Å². The Kier molecular flexibility index (Phi) is 8.00. The highest BCUT2D eigenvalue weighted by Gasteiger charge is 2.40. The summed E-state index contributed by atoms with van der Waals surface area (Å²) in [6, 6.07) is 15.9. The topological polar surface area (TPSA) is 76.9 Å². The van der Waals surface area contributed by atoms with Gasteiger partial charge in [-0.3, -0.25) is 14.5 Å². The fourth-order valence-electron chi connectivity index (χ4n) is 5.79. The van der Waals surface area contributed by atoms with Crippen LogP contribution in [0.15, 0.2) is 53.9 Å². The van der Waals surface area contributed by atoms with Crippen molar-refractivity contribution in [1.82, 2.24) is 14.7 Å². The van der Waals surface area contributed by atoms with Crippen molar-refractivity contribution in [3.8, 4) is 28.4 Å². The standard InChI is InChI=1S/C32H34N4O4S2/c1-20-10-7-11-22(21(20)2)36-32-29(30(33-36)28-23(39-3)12-8-13-24(28)40-4)31(25-14-9-17-41-25)42-19-27(38)35(32)18-26(37)34-15-5-6-16-34/h7-14,17,31H,5-6,15-16,18-19H2,1-4H3/t31-/m1/s1. The molecule has 1 fully saturated rings. The minimum Gasteiger partial charge on any atom is -0.496 e. The number of methoxy groups -OCH3 is 2. The maximum absolute atomic E-state index is 14.0. The third-order valence-corrected chi connectivity index (χ3v) is 10.4. The highest BCUT2D eigenvalue weighted by molar-refractivity contribution is 8.00. The van der Waals surface area contributed by atoms with Gasteiger partial charge in [-0.05, 0) is 67.5 Å². The molecule has 2 amide bonds. The highest BCUT2D eigenvalue weighted by atomic mass is 32.2. The highest BCUT2D eigenvalue weighted by Crippen LogP contribution is 2.52. The van der Waals surface area contributed by atoms with Gasteiger partial charge in [0, 0.05) is 23.5 Å². The quantitative estimate of drug-likeness (QED) is 0.257. The second kappa shape index (κ2) is 11.9. The fourth-order valence-corrected chi connectivity index (χ4v) is 7.96. The van der Waals surface area contributed by atoms with Gasteiger partial charge in [-0.2, -0.15) is 5.10 Å². The van der Waals surface area contributed by atoms with Crippen LogP contribution in [0.5, 0.6) is 11.5 Å². The molecule has 10 heteroatoms. The summed E-state index contributed by atoms with van der Waals surface area (Å²) in [7, 11) is 3.27. The van der Waals surface area contributed by atoms with E-state index in [0.717, 1.165) is 53.2 Å². The summed E-state index contributed by atoms with van der Waals surface area (Å²) in [5, 5.41) is 7.13. The molecule has 42 heavy (non-hydrogen) atoms. The van der Waals surface area contributed by atoms with Crippen LogP contribution in [0.25, 0.3) is 16.9 Å². The molecule has 2 aliphatic rings. The number of carbonyl (C=O) groups excluding carboxylic acids is 2. The van der Waals surface area contributed by atoms with Gasteiger partial charge in [0.05, 0.1) is 36.5 Å². The van der Waals surface area contributed by atoms with Crippen molar-refractivity contribution in [1.29, 1.82) is 0 Å². The van der Waals surface area contributed by atoms with Gasteiger partial charge in [0.15, 0.2) is 0 Å². The molecule has 0 spiro atoms. The van der Waals surface area contributed by atoms with E-state index in [4.69, 9.17) is 14.6 Å². The number of hydrogen-bond acceptors (Lipinski definition) is 7. The second-order valence-electron chi connectivity index (χ2n) is 10.5. The summed E-state index contributed by atoms with van der Waals surface area (Å²) in [6.45, 7) is 5.53. The van der Waals surface area contributed by atoms with Gasteiger partial charge in [-0.1, -0.05) is 24.3 Å². The molecule has 1 atom stereocenters. The number of thioether (sulfide) groups is 1. The molecule has 2 aliphatic heterocycles. The number of benzene rings is 2. The number of aromatic nitrogens is 2. The number of rotatable bonds is 7. The smallest absolute Gasteiger partial charge is 0.242 e. The molecule has 2 aromatic heterocycles. The Bertz CT molecular complexity index is 1600. The van der Waals surface area contributed by atoms with E-state index in [1.54, 1.807) is 42.2 Å². The van der Waals surface area contributed by atoms with Crippen LogP contribution in [0.2, 0.25) is 0 Å². The van der Waals surface area contributed by atoms with Crippen molar-refractivity contribution in [3.05, 3.63) is 75.5 Å². The van der Waals surface area contributed by atoms with E-state index < -0.39 is 0 Å². The summed E-state index contributed by atoms with van der Waals surface area (Å²) >= 11 is 3.21. The molecule has 8 nitrogen and oxygen atoms in total. The Morgan fingerprint density at radius 1 is 1.00 bits per heavy atom. The first-order valence-electron chi connectivity index (χ1n) is 14.1. The number of aryl methyl sites for hydroxylation is 1. The van der Waals surface area contributed by atoms with Gasteiger partial charge in [-0.25, -0.2) is 4.68 Å². The van der Waals surface area contributed by atoms with E-state index in [1.165, 1.54) is 0 Å². The largest absolute Gasteiger partial charge is 0.496 e. The lowest BCUT2D eigenvalue weighted by Gasteiger charge is -2.26. The minimum atomic E-state index is -0.195. The van der Waals surface area contributed by atoms with Crippen molar-refractivity contribution < 1.29 is 19.1 Å². The monoisotopic (exact) mass is 602 g/mol. The Hall–Kier alpha value is -3.76. The maximum atomic E-state index is 14.0. The summed E-state index contributed by atoms with van der Waals surface area (Å²) < 4.78 is 13.6. The van der Waals surface area contributed by atoms with Crippen LogP contribution in [0, 0.1) is 13.8 Å². The van der Waals surface area contributed by atoms with Crippen molar-refractivity contribution in [2.24, 2.45) is 0 Å². The normalized spacial score (nSPS) is 16.9. The number of thiophene rings is 1. The first-order chi connectivity index (χ1) is 20.4. The van der Waals surface area contributed by atoms with Crippen molar-refractivity contribution in [2.75, 3.05) is 44.5 Å². The third-order valence-electron chi connectivity index (χ3n) is 8.11. The van der Waals surface area contributed by atoms with Gasteiger partial charge in [-0.15, -0.1) is 23.1 Å². The molecule has 0 N–H and O–H groups in total. The second-order valence-corrected chi connectivity index (χ2v) is 12.6. The average molecular weight is 603 g/mol. The van der Waals surface area contributed by atoms with Crippen molar-refractivity contribution >= 4 is 40.7 Å². The lowest BCUT2D eigenvalue weighted by atomic mass is 10.0. The summed E-state index contributed by atoms with van der Waals surface area (Å²) in [5.74, 6) is 1.93. The van der Waals surface area contributed by atoms with Crippen LogP contribution in [0.3, 0.4) is 0 Å². The lowest BCUT2D eigenvalue weighted by Crippen LogP contribution is -2.43. The van der Waals surface area contributed by atoms with Gasteiger partial charge in [0.2, 0.25) is 11.8 Å². The van der Waals surface area contributed by atoms with Crippen molar-refractivity contribution in [2.45, 2.75) is 31.9 Å².